The second kappa shape index (κ2) is 7.00. The Labute approximate surface area is 128 Å². The minimum absolute atomic E-state index is 0.150. The molecule has 0 aliphatic carbocycles. The van der Waals surface area contributed by atoms with Gasteiger partial charge in [0.2, 0.25) is 5.88 Å². The molecule has 0 spiro atoms. The van der Waals surface area contributed by atoms with Crippen molar-refractivity contribution in [3.05, 3.63) is 48.4 Å². The normalized spacial score (nSPS) is 17.2. The monoisotopic (exact) mass is 299 g/mol. The van der Waals surface area contributed by atoms with Gasteiger partial charge in [0, 0.05) is 37.0 Å². The molecule has 0 bridgehead atoms. The SMILES string of the molecule is O=C(Nc1ccncc1)c1ccc(OC[C@@H]2CCCO2)nc1. The average Bonchev–Trinajstić information content (AvgIpc) is 3.08. The Hall–Kier alpha value is -2.47. The van der Waals surface area contributed by atoms with E-state index in [4.69, 9.17) is 9.47 Å². The molecule has 0 unspecified atom stereocenters. The first-order chi connectivity index (χ1) is 10.8. The van der Waals surface area contributed by atoms with Crippen LogP contribution in [0.25, 0.3) is 0 Å². The Kier molecular flexibility index (Phi) is 4.60. The van der Waals surface area contributed by atoms with Gasteiger partial charge >= 0.3 is 0 Å². The number of carbonyl (C=O) groups is 1. The van der Waals surface area contributed by atoms with Gasteiger partial charge in [0.1, 0.15) is 6.61 Å². The van der Waals surface area contributed by atoms with E-state index in [0.717, 1.165) is 19.4 Å². The van der Waals surface area contributed by atoms with E-state index in [2.05, 4.69) is 15.3 Å². The smallest absolute Gasteiger partial charge is 0.257 e. The molecule has 1 saturated heterocycles. The van der Waals surface area contributed by atoms with Crippen molar-refractivity contribution < 1.29 is 14.3 Å². The maximum absolute atomic E-state index is 12.1. The zero-order valence-corrected chi connectivity index (χ0v) is 12.1. The molecule has 1 fully saturated rings. The van der Waals surface area contributed by atoms with Crippen LogP contribution in [0.15, 0.2) is 42.9 Å². The van der Waals surface area contributed by atoms with E-state index in [-0.39, 0.29) is 12.0 Å². The number of hydrogen-bond donors (Lipinski definition) is 1. The van der Waals surface area contributed by atoms with Crippen molar-refractivity contribution in [3.63, 3.8) is 0 Å². The zero-order chi connectivity index (χ0) is 15.2. The summed E-state index contributed by atoms with van der Waals surface area (Å²) in [6, 6.07) is 6.83. The van der Waals surface area contributed by atoms with E-state index < -0.39 is 0 Å². The van der Waals surface area contributed by atoms with Crippen molar-refractivity contribution in [2.75, 3.05) is 18.5 Å². The summed E-state index contributed by atoms with van der Waals surface area (Å²) in [5.41, 5.74) is 1.17. The number of aromatic nitrogens is 2. The van der Waals surface area contributed by atoms with Crippen molar-refractivity contribution in [2.45, 2.75) is 18.9 Å². The van der Waals surface area contributed by atoms with Gasteiger partial charge in [-0.2, -0.15) is 0 Å². The number of amides is 1. The lowest BCUT2D eigenvalue weighted by Crippen LogP contribution is -2.17. The first-order valence-electron chi connectivity index (χ1n) is 7.23. The van der Waals surface area contributed by atoms with Crippen LogP contribution in [-0.4, -0.2) is 35.2 Å². The van der Waals surface area contributed by atoms with Crippen molar-refractivity contribution in [1.29, 1.82) is 0 Å². The predicted molar refractivity (Wildman–Crippen MR) is 80.9 cm³/mol. The van der Waals surface area contributed by atoms with Gasteiger partial charge in [-0.1, -0.05) is 0 Å². The molecule has 1 N–H and O–H groups in total. The highest BCUT2D eigenvalue weighted by molar-refractivity contribution is 6.04. The lowest BCUT2D eigenvalue weighted by molar-refractivity contribution is 0.0663. The fourth-order valence-corrected chi connectivity index (χ4v) is 2.19. The number of pyridine rings is 2. The van der Waals surface area contributed by atoms with E-state index in [9.17, 15) is 4.79 Å². The second-order valence-electron chi connectivity index (χ2n) is 5.02. The number of nitrogens with one attached hydrogen (secondary N) is 1. The number of anilines is 1. The summed E-state index contributed by atoms with van der Waals surface area (Å²) in [5.74, 6) is 0.278. The van der Waals surface area contributed by atoms with Gasteiger partial charge in [0.25, 0.3) is 5.91 Å². The third-order valence-corrected chi connectivity index (χ3v) is 3.38. The van der Waals surface area contributed by atoms with Crippen molar-refractivity contribution >= 4 is 11.6 Å². The minimum atomic E-state index is -0.218. The van der Waals surface area contributed by atoms with Gasteiger partial charge in [0.15, 0.2) is 0 Å². The van der Waals surface area contributed by atoms with Crippen LogP contribution >= 0.6 is 0 Å². The molecule has 6 heteroatoms. The van der Waals surface area contributed by atoms with E-state index >= 15 is 0 Å². The lowest BCUT2D eigenvalue weighted by atomic mass is 10.2. The average molecular weight is 299 g/mol. The largest absolute Gasteiger partial charge is 0.475 e. The molecule has 3 heterocycles. The summed E-state index contributed by atoms with van der Waals surface area (Å²) in [6.45, 7) is 1.30. The van der Waals surface area contributed by atoms with E-state index in [0.29, 0.717) is 23.7 Å². The molecule has 22 heavy (non-hydrogen) atoms. The highest BCUT2D eigenvalue weighted by Crippen LogP contribution is 2.15. The summed E-state index contributed by atoms with van der Waals surface area (Å²) >= 11 is 0. The van der Waals surface area contributed by atoms with Crippen molar-refractivity contribution in [2.24, 2.45) is 0 Å². The molecule has 1 aliphatic heterocycles. The minimum Gasteiger partial charge on any atom is -0.475 e. The molecule has 2 aromatic rings. The van der Waals surface area contributed by atoms with Crippen LogP contribution in [0.3, 0.4) is 0 Å². The van der Waals surface area contributed by atoms with Gasteiger partial charge < -0.3 is 14.8 Å². The van der Waals surface area contributed by atoms with Crippen LogP contribution in [0, 0.1) is 0 Å². The highest BCUT2D eigenvalue weighted by Gasteiger charge is 2.16. The molecule has 6 nitrogen and oxygen atoms in total. The molecule has 1 atom stereocenters. The molecule has 0 saturated carbocycles. The fraction of sp³-hybridized carbons (Fsp3) is 0.312. The standard InChI is InChI=1S/C16H17N3O3/c20-16(19-13-5-7-17-8-6-13)12-3-4-15(18-10-12)22-11-14-2-1-9-21-14/h3-8,10,14H,1-2,9,11H2,(H,17,19,20)/t14-/m0/s1. The summed E-state index contributed by atoms with van der Waals surface area (Å²) < 4.78 is 11.0. The van der Waals surface area contributed by atoms with E-state index in [1.165, 1.54) is 6.20 Å². The van der Waals surface area contributed by atoms with Crippen LogP contribution in [0.4, 0.5) is 5.69 Å². The summed E-state index contributed by atoms with van der Waals surface area (Å²) in [7, 11) is 0. The Balaban J connectivity index is 1.55. The van der Waals surface area contributed by atoms with Crippen molar-refractivity contribution in [1.82, 2.24) is 9.97 Å². The Bertz CT molecular complexity index is 610. The summed E-state index contributed by atoms with van der Waals surface area (Å²) in [5, 5.41) is 2.77. The summed E-state index contributed by atoms with van der Waals surface area (Å²) in [4.78, 5) is 20.1. The number of ether oxygens (including phenoxy) is 2. The van der Waals surface area contributed by atoms with Gasteiger partial charge in [-0.3, -0.25) is 9.78 Å². The molecule has 1 aliphatic rings. The van der Waals surface area contributed by atoms with Crippen molar-refractivity contribution in [3.8, 4) is 5.88 Å². The van der Waals surface area contributed by atoms with E-state index in [1.54, 1.807) is 36.7 Å². The Morgan fingerprint density at radius 3 is 2.86 bits per heavy atom. The third kappa shape index (κ3) is 3.79. The second-order valence-corrected chi connectivity index (χ2v) is 5.02. The Morgan fingerprint density at radius 1 is 1.32 bits per heavy atom. The molecular formula is C16H17N3O3. The number of nitrogens with zero attached hydrogens (tertiary/aromatic N) is 2. The quantitative estimate of drug-likeness (QED) is 0.917. The van der Waals surface area contributed by atoms with Crippen LogP contribution in [-0.2, 0) is 4.74 Å². The first-order valence-corrected chi connectivity index (χ1v) is 7.23. The molecule has 114 valence electrons. The molecule has 0 aromatic carbocycles. The van der Waals surface area contributed by atoms with Gasteiger partial charge in [-0.25, -0.2) is 4.98 Å². The maximum atomic E-state index is 12.1. The lowest BCUT2D eigenvalue weighted by Gasteiger charge is -2.11. The highest BCUT2D eigenvalue weighted by atomic mass is 16.5. The summed E-state index contributed by atoms with van der Waals surface area (Å²) in [6.07, 6.45) is 6.99. The number of carbonyl (C=O) groups excluding carboxylic acids is 1. The van der Waals surface area contributed by atoms with E-state index in [1.807, 2.05) is 0 Å². The Morgan fingerprint density at radius 2 is 2.18 bits per heavy atom. The van der Waals surface area contributed by atoms with Gasteiger partial charge in [-0.15, -0.1) is 0 Å². The molecule has 0 radical (unpaired) electrons. The number of hydrogen-bond acceptors (Lipinski definition) is 5. The zero-order valence-electron chi connectivity index (χ0n) is 12.1. The maximum Gasteiger partial charge on any atom is 0.257 e. The van der Waals surface area contributed by atoms with Gasteiger partial charge in [-0.05, 0) is 31.0 Å². The topological polar surface area (TPSA) is 73.3 Å². The van der Waals surface area contributed by atoms with Crippen LogP contribution in [0.5, 0.6) is 5.88 Å². The number of rotatable bonds is 5. The van der Waals surface area contributed by atoms with Crippen LogP contribution < -0.4 is 10.1 Å². The van der Waals surface area contributed by atoms with Crippen LogP contribution in [0.1, 0.15) is 23.2 Å². The molecule has 2 aromatic heterocycles. The fourth-order valence-electron chi connectivity index (χ4n) is 2.19. The molecular weight excluding hydrogens is 282 g/mol. The molecule has 1 amide bonds. The van der Waals surface area contributed by atoms with Gasteiger partial charge in [0.05, 0.1) is 11.7 Å². The third-order valence-electron chi connectivity index (χ3n) is 3.38. The predicted octanol–water partition coefficient (Wildman–Crippen LogP) is 2.29. The molecule has 3 rings (SSSR count). The van der Waals surface area contributed by atoms with Crippen LogP contribution in [0.2, 0.25) is 0 Å². The first kappa shape index (κ1) is 14.5.